The quantitative estimate of drug-likeness (QED) is 0.739. The molecule has 1 rings (SSSR count). The first-order chi connectivity index (χ1) is 6.58. The summed E-state index contributed by atoms with van der Waals surface area (Å²) in [5.41, 5.74) is 0. The van der Waals surface area contributed by atoms with Crippen LogP contribution in [0.15, 0.2) is 24.3 Å². The normalized spacial score (nSPS) is 12.2. The Morgan fingerprint density at radius 3 is 2.86 bits per heavy atom. The number of carbonyl (C=O) groups is 1. The fourth-order valence-electron chi connectivity index (χ4n) is 1.22. The van der Waals surface area contributed by atoms with Gasteiger partial charge in [0, 0.05) is 12.5 Å². The van der Waals surface area contributed by atoms with Crippen LogP contribution in [0, 0.1) is 5.82 Å². The van der Waals surface area contributed by atoms with Gasteiger partial charge in [-0.15, -0.1) is 0 Å². The summed E-state index contributed by atoms with van der Waals surface area (Å²) in [7, 11) is 0. The molecule has 2 nitrogen and oxygen atoms in total. The SMILES string of the molecule is CC(=O)CC(C)Oc1cccc(F)c1. The van der Waals surface area contributed by atoms with Gasteiger partial charge < -0.3 is 4.74 Å². The van der Waals surface area contributed by atoms with E-state index < -0.39 is 0 Å². The van der Waals surface area contributed by atoms with E-state index in [1.165, 1.54) is 19.1 Å². The lowest BCUT2D eigenvalue weighted by molar-refractivity contribution is -0.118. The van der Waals surface area contributed by atoms with E-state index in [0.29, 0.717) is 12.2 Å². The lowest BCUT2D eigenvalue weighted by Gasteiger charge is -2.12. The largest absolute Gasteiger partial charge is 0.490 e. The second-order valence-corrected chi connectivity index (χ2v) is 3.29. The average molecular weight is 196 g/mol. The molecule has 0 N–H and O–H groups in total. The molecule has 0 saturated carbocycles. The Balaban J connectivity index is 2.55. The van der Waals surface area contributed by atoms with Crippen LogP contribution < -0.4 is 4.74 Å². The fraction of sp³-hybridized carbons (Fsp3) is 0.364. The molecule has 0 aliphatic heterocycles. The molecule has 0 amide bonds. The highest BCUT2D eigenvalue weighted by molar-refractivity contribution is 5.75. The third-order valence-electron chi connectivity index (χ3n) is 1.71. The van der Waals surface area contributed by atoms with Crippen LogP contribution in [0.4, 0.5) is 4.39 Å². The van der Waals surface area contributed by atoms with Crippen LogP contribution in [-0.4, -0.2) is 11.9 Å². The zero-order valence-corrected chi connectivity index (χ0v) is 8.29. The van der Waals surface area contributed by atoms with Gasteiger partial charge in [0.15, 0.2) is 0 Å². The molecule has 0 aliphatic rings. The first-order valence-electron chi connectivity index (χ1n) is 4.49. The first-order valence-corrected chi connectivity index (χ1v) is 4.49. The zero-order chi connectivity index (χ0) is 10.6. The molecule has 14 heavy (non-hydrogen) atoms. The van der Waals surface area contributed by atoms with Crippen LogP contribution in [0.5, 0.6) is 5.75 Å². The Labute approximate surface area is 82.7 Å². The lowest BCUT2D eigenvalue weighted by atomic mass is 10.2. The Kier molecular flexibility index (Phi) is 3.63. The molecule has 3 heteroatoms. The monoisotopic (exact) mass is 196 g/mol. The highest BCUT2D eigenvalue weighted by atomic mass is 19.1. The standard InChI is InChI=1S/C11H13FO2/c1-8(13)6-9(2)14-11-5-3-4-10(12)7-11/h3-5,7,9H,6H2,1-2H3. The number of carbonyl (C=O) groups excluding carboxylic acids is 1. The topological polar surface area (TPSA) is 26.3 Å². The third kappa shape index (κ3) is 3.56. The molecule has 0 aliphatic carbocycles. The van der Waals surface area contributed by atoms with Gasteiger partial charge in [-0.1, -0.05) is 6.07 Å². The van der Waals surface area contributed by atoms with Crippen molar-refractivity contribution in [2.75, 3.05) is 0 Å². The summed E-state index contributed by atoms with van der Waals surface area (Å²) >= 11 is 0. The average Bonchev–Trinajstić information content (AvgIpc) is 2.01. The predicted octanol–water partition coefficient (Wildman–Crippen LogP) is 2.57. The summed E-state index contributed by atoms with van der Waals surface area (Å²) in [5, 5.41) is 0. The predicted molar refractivity (Wildman–Crippen MR) is 51.8 cm³/mol. The van der Waals surface area contributed by atoms with Gasteiger partial charge in [0.05, 0.1) is 0 Å². The summed E-state index contributed by atoms with van der Waals surface area (Å²) in [6, 6.07) is 5.89. The van der Waals surface area contributed by atoms with Crippen LogP contribution in [0.1, 0.15) is 20.3 Å². The molecule has 1 unspecified atom stereocenters. The number of Topliss-reactive ketones (excluding diaryl/α,β-unsaturated/α-hetero) is 1. The number of rotatable bonds is 4. The molecule has 0 fully saturated rings. The summed E-state index contributed by atoms with van der Waals surface area (Å²) in [4.78, 5) is 10.8. The van der Waals surface area contributed by atoms with Crippen molar-refractivity contribution in [2.24, 2.45) is 0 Å². The van der Waals surface area contributed by atoms with Crippen LogP contribution >= 0.6 is 0 Å². The Hall–Kier alpha value is -1.38. The molecule has 1 aromatic rings. The van der Waals surface area contributed by atoms with Crippen molar-refractivity contribution in [2.45, 2.75) is 26.4 Å². The van der Waals surface area contributed by atoms with Crippen LogP contribution in [0.3, 0.4) is 0 Å². The minimum Gasteiger partial charge on any atom is -0.490 e. The number of ether oxygens (including phenoxy) is 1. The summed E-state index contributed by atoms with van der Waals surface area (Å²) in [6.07, 6.45) is 0.130. The van der Waals surface area contributed by atoms with Crippen molar-refractivity contribution < 1.29 is 13.9 Å². The van der Waals surface area contributed by atoms with E-state index in [2.05, 4.69) is 0 Å². The van der Waals surface area contributed by atoms with Crippen molar-refractivity contribution in [3.63, 3.8) is 0 Å². The lowest BCUT2D eigenvalue weighted by Crippen LogP contribution is -2.15. The van der Waals surface area contributed by atoms with Crippen molar-refractivity contribution >= 4 is 5.78 Å². The summed E-state index contributed by atoms with van der Waals surface area (Å²) in [6.45, 7) is 3.29. The van der Waals surface area contributed by atoms with Crippen LogP contribution in [-0.2, 0) is 4.79 Å². The molecule has 1 aromatic carbocycles. The maximum atomic E-state index is 12.7. The van der Waals surface area contributed by atoms with Gasteiger partial charge in [-0.2, -0.15) is 0 Å². The van der Waals surface area contributed by atoms with E-state index in [4.69, 9.17) is 4.74 Å². The Morgan fingerprint density at radius 1 is 1.57 bits per heavy atom. The van der Waals surface area contributed by atoms with Gasteiger partial charge in [-0.25, -0.2) is 4.39 Å². The highest BCUT2D eigenvalue weighted by Crippen LogP contribution is 2.14. The van der Waals surface area contributed by atoms with Crippen molar-refractivity contribution in [1.82, 2.24) is 0 Å². The maximum absolute atomic E-state index is 12.7. The first kappa shape index (κ1) is 10.7. The Bertz CT molecular complexity index is 323. The minimum atomic E-state index is -0.336. The Morgan fingerprint density at radius 2 is 2.29 bits per heavy atom. The molecule has 1 atom stereocenters. The number of benzene rings is 1. The van der Waals surface area contributed by atoms with Crippen LogP contribution in [0.2, 0.25) is 0 Å². The van der Waals surface area contributed by atoms with Gasteiger partial charge in [-0.05, 0) is 26.0 Å². The number of halogens is 1. The molecule has 0 aromatic heterocycles. The number of ketones is 1. The van der Waals surface area contributed by atoms with E-state index in [9.17, 15) is 9.18 Å². The van der Waals surface area contributed by atoms with Gasteiger partial charge >= 0.3 is 0 Å². The number of hydrogen-bond donors (Lipinski definition) is 0. The van der Waals surface area contributed by atoms with E-state index in [1.54, 1.807) is 19.1 Å². The van der Waals surface area contributed by atoms with Gasteiger partial charge in [0.2, 0.25) is 0 Å². The second kappa shape index (κ2) is 4.74. The van der Waals surface area contributed by atoms with Gasteiger partial charge in [0.1, 0.15) is 23.5 Å². The van der Waals surface area contributed by atoms with E-state index >= 15 is 0 Å². The smallest absolute Gasteiger partial charge is 0.133 e. The molecular formula is C11H13FO2. The van der Waals surface area contributed by atoms with Crippen molar-refractivity contribution in [3.05, 3.63) is 30.1 Å². The minimum absolute atomic E-state index is 0.0638. The molecule has 0 heterocycles. The molecule has 0 bridgehead atoms. The van der Waals surface area contributed by atoms with E-state index in [1.807, 2.05) is 0 Å². The fourth-order valence-corrected chi connectivity index (χ4v) is 1.22. The summed E-state index contributed by atoms with van der Waals surface area (Å²) < 4.78 is 18.1. The highest BCUT2D eigenvalue weighted by Gasteiger charge is 2.06. The van der Waals surface area contributed by atoms with Gasteiger partial charge in [-0.3, -0.25) is 4.79 Å². The third-order valence-corrected chi connectivity index (χ3v) is 1.71. The molecular weight excluding hydrogens is 183 g/mol. The van der Waals surface area contributed by atoms with E-state index in [-0.39, 0.29) is 17.7 Å². The van der Waals surface area contributed by atoms with E-state index in [0.717, 1.165) is 0 Å². The van der Waals surface area contributed by atoms with Gasteiger partial charge in [0.25, 0.3) is 0 Å². The number of hydrogen-bond acceptors (Lipinski definition) is 2. The van der Waals surface area contributed by atoms with Crippen molar-refractivity contribution in [3.8, 4) is 5.75 Å². The maximum Gasteiger partial charge on any atom is 0.133 e. The van der Waals surface area contributed by atoms with Crippen molar-refractivity contribution in [1.29, 1.82) is 0 Å². The summed E-state index contributed by atoms with van der Waals surface area (Å²) in [5.74, 6) is 0.185. The molecule has 0 radical (unpaired) electrons. The molecule has 76 valence electrons. The molecule has 0 spiro atoms. The van der Waals surface area contributed by atoms with Crippen LogP contribution in [0.25, 0.3) is 0 Å². The second-order valence-electron chi connectivity index (χ2n) is 3.29. The molecule has 0 saturated heterocycles. The zero-order valence-electron chi connectivity index (χ0n) is 8.29.